The predicted octanol–water partition coefficient (Wildman–Crippen LogP) is 2.67. The molecule has 1 aromatic carbocycles. The first-order valence-corrected chi connectivity index (χ1v) is 4.70. The monoisotopic (exact) mass is 209 g/mol. The molecule has 0 aliphatic carbocycles. The molecule has 1 rings (SSSR count). The summed E-state index contributed by atoms with van der Waals surface area (Å²) in [5.74, 6) is 0.598. The fraction of sp³-hybridized carbons (Fsp3) is 0.400. The van der Waals surface area contributed by atoms with E-state index in [1.54, 1.807) is 13.8 Å². The number of phenols is 1. The first-order chi connectivity index (χ1) is 7.22. The Hall–Kier alpha value is -1.96. The van der Waals surface area contributed by atoms with E-state index >= 15 is 0 Å². The highest BCUT2D eigenvalue weighted by atomic mass is 16.5. The number of hydrogen-bond donors (Lipinski definition) is 1. The van der Waals surface area contributed by atoms with Gasteiger partial charge in [-0.05, 0) is 13.8 Å². The molecular formula is C10H13N2O3+. The van der Waals surface area contributed by atoms with Gasteiger partial charge in [-0.15, -0.1) is 0 Å². The number of aromatic hydroxyl groups is 1. The highest BCUT2D eigenvalue weighted by Gasteiger charge is 2.24. The summed E-state index contributed by atoms with van der Waals surface area (Å²) in [5, 5.41) is 18.2. The van der Waals surface area contributed by atoms with E-state index in [2.05, 4.69) is 4.98 Å². The molecule has 0 radical (unpaired) electrons. The second-order valence-electron chi connectivity index (χ2n) is 2.76. The lowest BCUT2D eigenvalue weighted by atomic mass is 10.2. The predicted molar refractivity (Wildman–Crippen MR) is 55.2 cm³/mol. The van der Waals surface area contributed by atoms with E-state index in [1.165, 1.54) is 12.1 Å². The molecule has 0 unspecified atom stereocenters. The quantitative estimate of drug-likeness (QED) is 0.774. The molecule has 0 amide bonds. The maximum Gasteiger partial charge on any atom is 0.467 e. The van der Waals surface area contributed by atoms with Crippen LogP contribution in [0.1, 0.15) is 13.8 Å². The van der Waals surface area contributed by atoms with Crippen molar-refractivity contribution in [3.8, 4) is 17.2 Å². The van der Waals surface area contributed by atoms with Gasteiger partial charge in [-0.3, -0.25) is 0 Å². The van der Waals surface area contributed by atoms with E-state index < -0.39 is 0 Å². The minimum absolute atomic E-state index is 0.00861. The van der Waals surface area contributed by atoms with Crippen LogP contribution in [0.25, 0.3) is 4.98 Å². The lowest BCUT2D eigenvalue weighted by Gasteiger charge is -2.04. The Balaban J connectivity index is 3.20. The van der Waals surface area contributed by atoms with Crippen LogP contribution in [0.2, 0.25) is 0 Å². The lowest BCUT2D eigenvalue weighted by Crippen LogP contribution is -1.95. The van der Waals surface area contributed by atoms with Crippen molar-refractivity contribution in [2.45, 2.75) is 13.8 Å². The number of hydrogen-bond acceptors (Lipinski definition) is 4. The van der Waals surface area contributed by atoms with Crippen molar-refractivity contribution in [3.63, 3.8) is 0 Å². The third-order valence-electron chi connectivity index (χ3n) is 1.72. The van der Waals surface area contributed by atoms with Crippen LogP contribution in [0.4, 0.5) is 5.69 Å². The topological polar surface area (TPSA) is 66.8 Å². The largest absolute Gasteiger partial charge is 0.508 e. The van der Waals surface area contributed by atoms with Crippen molar-refractivity contribution in [2.24, 2.45) is 0 Å². The first-order valence-electron chi connectivity index (χ1n) is 4.70. The van der Waals surface area contributed by atoms with E-state index in [0.717, 1.165) is 0 Å². The minimum atomic E-state index is 0.00861. The Bertz CT molecular complexity index is 358. The summed E-state index contributed by atoms with van der Waals surface area (Å²) in [7, 11) is 0. The molecule has 0 atom stereocenters. The molecule has 0 aromatic heterocycles. The molecule has 0 aliphatic rings. The SMILES string of the molecule is CCOc1cc(O)cc(OCC)c1[N+]#N. The molecule has 15 heavy (non-hydrogen) atoms. The third-order valence-corrected chi connectivity index (χ3v) is 1.72. The molecule has 5 nitrogen and oxygen atoms in total. The summed E-state index contributed by atoms with van der Waals surface area (Å²) in [6, 6.07) is 2.75. The average molecular weight is 209 g/mol. The summed E-state index contributed by atoms with van der Waals surface area (Å²) < 4.78 is 10.4. The second-order valence-corrected chi connectivity index (χ2v) is 2.76. The smallest absolute Gasteiger partial charge is 0.467 e. The van der Waals surface area contributed by atoms with Crippen molar-refractivity contribution in [1.29, 1.82) is 5.39 Å². The Morgan fingerprint density at radius 3 is 2.00 bits per heavy atom. The van der Waals surface area contributed by atoms with Gasteiger partial charge >= 0.3 is 5.69 Å². The molecular weight excluding hydrogens is 196 g/mol. The number of nitrogens with zero attached hydrogens (tertiary/aromatic N) is 2. The van der Waals surface area contributed by atoms with Crippen LogP contribution in [0, 0.1) is 5.39 Å². The van der Waals surface area contributed by atoms with E-state index in [-0.39, 0.29) is 11.4 Å². The maximum atomic E-state index is 9.38. The van der Waals surface area contributed by atoms with Crippen LogP contribution < -0.4 is 9.47 Å². The Morgan fingerprint density at radius 1 is 1.20 bits per heavy atom. The Kier molecular flexibility index (Phi) is 3.75. The van der Waals surface area contributed by atoms with Gasteiger partial charge < -0.3 is 14.6 Å². The van der Waals surface area contributed by atoms with Crippen molar-refractivity contribution >= 4 is 5.69 Å². The molecule has 0 heterocycles. The lowest BCUT2D eigenvalue weighted by molar-refractivity contribution is 0.323. The second kappa shape index (κ2) is 5.05. The van der Waals surface area contributed by atoms with Gasteiger partial charge in [-0.25, -0.2) is 0 Å². The standard InChI is InChI=1S/C10H12N2O3/c1-3-14-8-5-7(13)6-9(15-4-2)10(8)12-11/h5-6H,3-4H2,1-2H3/p+1. The molecule has 1 aromatic rings. The van der Waals surface area contributed by atoms with E-state index in [0.29, 0.717) is 24.7 Å². The van der Waals surface area contributed by atoms with E-state index in [1.807, 2.05) is 0 Å². The fourth-order valence-corrected chi connectivity index (χ4v) is 1.20. The Morgan fingerprint density at radius 2 is 1.67 bits per heavy atom. The zero-order chi connectivity index (χ0) is 11.3. The van der Waals surface area contributed by atoms with Gasteiger partial charge in [0.25, 0.3) is 0 Å². The molecule has 0 spiro atoms. The van der Waals surface area contributed by atoms with Gasteiger partial charge in [0.1, 0.15) is 5.75 Å². The van der Waals surface area contributed by atoms with Crippen LogP contribution in [0.3, 0.4) is 0 Å². The molecule has 0 bridgehead atoms. The van der Waals surface area contributed by atoms with Crippen molar-refractivity contribution in [1.82, 2.24) is 0 Å². The number of rotatable bonds is 4. The summed E-state index contributed by atoms with van der Waals surface area (Å²) in [4.78, 5) is 3.09. The summed E-state index contributed by atoms with van der Waals surface area (Å²) in [5.41, 5.74) is 0.191. The number of benzene rings is 1. The van der Waals surface area contributed by atoms with E-state index in [4.69, 9.17) is 14.9 Å². The number of ether oxygens (including phenoxy) is 2. The van der Waals surface area contributed by atoms with Crippen molar-refractivity contribution in [2.75, 3.05) is 13.2 Å². The third kappa shape index (κ3) is 2.50. The minimum Gasteiger partial charge on any atom is -0.508 e. The van der Waals surface area contributed by atoms with Gasteiger partial charge in [-0.2, -0.15) is 0 Å². The average Bonchev–Trinajstić information content (AvgIpc) is 2.18. The van der Waals surface area contributed by atoms with Crippen LogP contribution in [0.15, 0.2) is 12.1 Å². The zero-order valence-corrected chi connectivity index (χ0v) is 8.73. The summed E-state index contributed by atoms with van der Waals surface area (Å²) in [6.45, 7) is 4.42. The summed E-state index contributed by atoms with van der Waals surface area (Å²) >= 11 is 0. The summed E-state index contributed by atoms with van der Waals surface area (Å²) in [6.07, 6.45) is 0. The fourth-order valence-electron chi connectivity index (χ4n) is 1.20. The van der Waals surface area contributed by atoms with Gasteiger partial charge in [-0.1, -0.05) is 0 Å². The maximum absolute atomic E-state index is 9.38. The first kappa shape index (κ1) is 11.1. The molecule has 5 heteroatoms. The normalized spacial score (nSPS) is 9.40. The molecule has 0 saturated heterocycles. The zero-order valence-electron chi connectivity index (χ0n) is 8.73. The van der Waals surface area contributed by atoms with Gasteiger partial charge in [0.05, 0.1) is 13.2 Å². The Labute approximate surface area is 87.9 Å². The van der Waals surface area contributed by atoms with Gasteiger partial charge in [0, 0.05) is 12.1 Å². The molecule has 1 N–H and O–H groups in total. The molecule has 80 valence electrons. The molecule has 0 fully saturated rings. The van der Waals surface area contributed by atoms with Crippen LogP contribution in [0.5, 0.6) is 17.2 Å². The number of diazo groups is 1. The van der Waals surface area contributed by atoms with Crippen LogP contribution >= 0.6 is 0 Å². The van der Waals surface area contributed by atoms with Crippen molar-refractivity contribution < 1.29 is 14.6 Å². The van der Waals surface area contributed by atoms with Crippen molar-refractivity contribution in [3.05, 3.63) is 17.1 Å². The molecule has 0 saturated carbocycles. The molecule has 0 aliphatic heterocycles. The van der Waals surface area contributed by atoms with Crippen LogP contribution in [-0.2, 0) is 0 Å². The van der Waals surface area contributed by atoms with Gasteiger partial charge in [0.2, 0.25) is 16.9 Å². The highest BCUT2D eigenvalue weighted by molar-refractivity contribution is 5.69. The van der Waals surface area contributed by atoms with Crippen LogP contribution in [-0.4, -0.2) is 18.3 Å². The van der Waals surface area contributed by atoms with E-state index in [9.17, 15) is 5.11 Å². The number of phenolic OH excluding ortho intramolecular Hbond substituents is 1. The van der Waals surface area contributed by atoms with Gasteiger partial charge in [0.15, 0.2) is 4.98 Å². The highest BCUT2D eigenvalue weighted by Crippen LogP contribution is 2.41.